The van der Waals surface area contributed by atoms with Crippen LogP contribution in [0, 0.1) is 11.3 Å². The lowest BCUT2D eigenvalue weighted by atomic mass is 9.76. The summed E-state index contributed by atoms with van der Waals surface area (Å²) in [7, 11) is 0. The molecule has 0 atom stereocenters. The molecule has 0 heterocycles. The van der Waals surface area contributed by atoms with E-state index in [0.29, 0.717) is 12.1 Å². The Bertz CT molecular complexity index is 729. The first-order valence-corrected chi connectivity index (χ1v) is 9.37. The van der Waals surface area contributed by atoms with Crippen LogP contribution >= 0.6 is 0 Å². The van der Waals surface area contributed by atoms with Crippen LogP contribution in [0.3, 0.4) is 0 Å². The predicted octanol–water partition coefficient (Wildman–Crippen LogP) is 5.38. The molecule has 0 spiro atoms. The van der Waals surface area contributed by atoms with Gasteiger partial charge in [0.15, 0.2) is 0 Å². The number of benzene rings is 2. The van der Waals surface area contributed by atoms with Crippen molar-refractivity contribution in [2.24, 2.45) is 0 Å². The van der Waals surface area contributed by atoms with Crippen LogP contribution in [0.5, 0.6) is 0 Å². The molecule has 0 amide bonds. The Balaban J connectivity index is 1.92. The molecule has 0 bridgehead atoms. The molecule has 0 N–H and O–H groups in total. The average molecular weight is 332 g/mol. The first kappa shape index (κ1) is 17.7. The van der Waals surface area contributed by atoms with Gasteiger partial charge >= 0.3 is 0 Å². The van der Waals surface area contributed by atoms with Gasteiger partial charge in [0.25, 0.3) is 0 Å². The maximum absolute atomic E-state index is 10.2. The van der Waals surface area contributed by atoms with Crippen LogP contribution in [0.2, 0.25) is 0 Å². The molecule has 0 aromatic heterocycles. The van der Waals surface area contributed by atoms with Crippen LogP contribution < -0.4 is 0 Å². The second kappa shape index (κ2) is 7.02. The van der Waals surface area contributed by atoms with Gasteiger partial charge in [0.1, 0.15) is 5.41 Å². The molecule has 0 radical (unpaired) electrons. The zero-order valence-corrected chi connectivity index (χ0v) is 15.8. The molecule has 25 heavy (non-hydrogen) atoms. The van der Waals surface area contributed by atoms with E-state index >= 15 is 0 Å². The average Bonchev–Trinajstić information content (AvgIpc) is 2.89. The highest BCUT2D eigenvalue weighted by molar-refractivity contribution is 5.82. The zero-order chi connectivity index (χ0) is 18.0. The maximum Gasteiger partial charge on any atom is 0.108 e. The topological polar surface area (TPSA) is 27.0 Å². The highest BCUT2D eigenvalue weighted by Crippen LogP contribution is 2.50. The number of hydrogen-bond donors (Lipinski definition) is 0. The first-order valence-electron chi connectivity index (χ1n) is 9.37. The van der Waals surface area contributed by atoms with Gasteiger partial charge in [-0.25, -0.2) is 0 Å². The number of nitriles is 1. The monoisotopic (exact) mass is 332 g/mol. The lowest BCUT2D eigenvalue weighted by Gasteiger charge is -2.32. The summed E-state index contributed by atoms with van der Waals surface area (Å²) in [5, 5.41) is 10.2. The molecular weight excluding hydrogens is 304 g/mol. The van der Waals surface area contributed by atoms with Gasteiger partial charge < -0.3 is 0 Å². The Hall–Kier alpha value is -2.11. The van der Waals surface area contributed by atoms with Crippen LogP contribution in [0.1, 0.15) is 51.7 Å². The van der Waals surface area contributed by atoms with Crippen molar-refractivity contribution in [3.05, 3.63) is 59.7 Å². The van der Waals surface area contributed by atoms with E-state index in [2.05, 4.69) is 87.2 Å². The van der Waals surface area contributed by atoms with E-state index in [1.807, 2.05) is 0 Å². The van der Waals surface area contributed by atoms with E-state index in [1.165, 1.54) is 22.3 Å². The molecule has 130 valence electrons. The Morgan fingerprint density at radius 3 is 1.80 bits per heavy atom. The van der Waals surface area contributed by atoms with Crippen molar-refractivity contribution in [2.45, 2.75) is 58.0 Å². The molecule has 2 aromatic rings. The van der Waals surface area contributed by atoms with Crippen LogP contribution in [-0.4, -0.2) is 23.5 Å². The van der Waals surface area contributed by atoms with Gasteiger partial charge in [-0.1, -0.05) is 48.5 Å². The third-order valence-corrected chi connectivity index (χ3v) is 5.55. The molecule has 2 nitrogen and oxygen atoms in total. The van der Waals surface area contributed by atoms with Gasteiger partial charge in [0.2, 0.25) is 0 Å². The first-order chi connectivity index (χ1) is 12.0. The SMILES string of the molecule is CC(C)N(CCCC1(C#N)c2ccccc2-c2ccccc21)C(C)C. The molecule has 2 aromatic carbocycles. The van der Waals surface area contributed by atoms with Crippen LogP contribution in [0.4, 0.5) is 0 Å². The number of fused-ring (bicyclic) bond motifs is 3. The fraction of sp³-hybridized carbons (Fsp3) is 0.435. The summed E-state index contributed by atoms with van der Waals surface area (Å²) in [5.74, 6) is 0. The normalized spacial score (nSPS) is 14.6. The third-order valence-electron chi connectivity index (χ3n) is 5.55. The standard InChI is InChI=1S/C23H28N2/c1-17(2)25(18(3)4)15-9-14-23(16-24)21-12-7-5-10-19(21)20-11-6-8-13-22(20)23/h5-8,10-13,17-18H,9,14-15H2,1-4H3. The zero-order valence-electron chi connectivity index (χ0n) is 15.8. The van der Waals surface area contributed by atoms with Gasteiger partial charge in [-0.15, -0.1) is 0 Å². The highest BCUT2D eigenvalue weighted by Gasteiger charge is 2.42. The van der Waals surface area contributed by atoms with Crippen LogP contribution in [0.15, 0.2) is 48.5 Å². The molecule has 0 unspecified atom stereocenters. The van der Waals surface area contributed by atoms with Crippen molar-refractivity contribution >= 4 is 0 Å². The van der Waals surface area contributed by atoms with Gasteiger partial charge in [0, 0.05) is 12.1 Å². The minimum atomic E-state index is -0.507. The van der Waals surface area contributed by atoms with Gasteiger partial charge in [-0.3, -0.25) is 4.90 Å². The fourth-order valence-corrected chi connectivity index (χ4v) is 4.41. The smallest absolute Gasteiger partial charge is 0.108 e. The Morgan fingerprint density at radius 2 is 1.36 bits per heavy atom. The second-order valence-corrected chi connectivity index (χ2v) is 7.64. The van der Waals surface area contributed by atoms with Crippen molar-refractivity contribution in [2.75, 3.05) is 6.54 Å². The lowest BCUT2D eigenvalue weighted by molar-refractivity contribution is 0.169. The van der Waals surface area contributed by atoms with Crippen molar-refractivity contribution in [3.63, 3.8) is 0 Å². The molecule has 3 rings (SSSR count). The quantitative estimate of drug-likeness (QED) is 0.710. The summed E-state index contributed by atoms with van der Waals surface area (Å²) < 4.78 is 0. The molecule has 2 heteroatoms. The van der Waals surface area contributed by atoms with Crippen LogP contribution in [-0.2, 0) is 5.41 Å². The Morgan fingerprint density at radius 1 is 0.880 bits per heavy atom. The maximum atomic E-state index is 10.2. The predicted molar refractivity (Wildman–Crippen MR) is 104 cm³/mol. The highest BCUT2D eigenvalue weighted by atomic mass is 15.2. The lowest BCUT2D eigenvalue weighted by Crippen LogP contribution is -2.38. The summed E-state index contributed by atoms with van der Waals surface area (Å²) in [6.07, 6.45) is 1.89. The van der Waals surface area contributed by atoms with Gasteiger partial charge in [-0.05, 0) is 69.3 Å². The van der Waals surface area contributed by atoms with Gasteiger partial charge in [0.05, 0.1) is 6.07 Å². The Labute approximate surface area is 152 Å². The van der Waals surface area contributed by atoms with Crippen LogP contribution in [0.25, 0.3) is 11.1 Å². The summed E-state index contributed by atoms with van der Waals surface area (Å²) in [4.78, 5) is 2.51. The van der Waals surface area contributed by atoms with E-state index in [9.17, 15) is 5.26 Å². The van der Waals surface area contributed by atoms with E-state index in [-0.39, 0.29) is 0 Å². The van der Waals surface area contributed by atoms with Gasteiger partial charge in [-0.2, -0.15) is 5.26 Å². The molecule has 0 aliphatic heterocycles. The summed E-state index contributed by atoms with van der Waals surface area (Å²) >= 11 is 0. The summed E-state index contributed by atoms with van der Waals surface area (Å²) in [6, 6.07) is 20.6. The second-order valence-electron chi connectivity index (χ2n) is 7.64. The summed E-state index contributed by atoms with van der Waals surface area (Å²) in [6.45, 7) is 10.0. The van der Waals surface area contributed by atoms with Crippen molar-refractivity contribution in [1.29, 1.82) is 5.26 Å². The Kier molecular flexibility index (Phi) is 4.97. The molecule has 0 saturated carbocycles. The molecular formula is C23H28N2. The van der Waals surface area contributed by atoms with E-state index in [4.69, 9.17) is 0 Å². The third kappa shape index (κ3) is 2.98. The summed E-state index contributed by atoms with van der Waals surface area (Å²) in [5.41, 5.74) is 4.31. The largest absolute Gasteiger partial charge is 0.299 e. The molecule has 1 aliphatic rings. The number of hydrogen-bond acceptors (Lipinski definition) is 2. The van der Waals surface area contributed by atoms with E-state index < -0.39 is 5.41 Å². The van der Waals surface area contributed by atoms with Crippen molar-refractivity contribution in [3.8, 4) is 17.2 Å². The van der Waals surface area contributed by atoms with Crippen molar-refractivity contribution < 1.29 is 0 Å². The fourth-order valence-electron chi connectivity index (χ4n) is 4.41. The number of rotatable bonds is 6. The molecule has 0 saturated heterocycles. The molecule has 1 aliphatic carbocycles. The van der Waals surface area contributed by atoms with Crippen molar-refractivity contribution in [1.82, 2.24) is 4.90 Å². The van der Waals surface area contributed by atoms with E-state index in [1.54, 1.807) is 0 Å². The van der Waals surface area contributed by atoms with E-state index in [0.717, 1.165) is 19.4 Å². The minimum absolute atomic E-state index is 0.507. The number of nitrogens with zero attached hydrogens (tertiary/aromatic N) is 2. The minimum Gasteiger partial charge on any atom is -0.299 e. The molecule has 0 fully saturated rings.